The first-order valence-corrected chi connectivity index (χ1v) is 10.8. The van der Waals surface area contributed by atoms with Crippen molar-refractivity contribution in [2.24, 2.45) is 23.2 Å². The second-order valence-corrected chi connectivity index (χ2v) is 9.57. The maximum Gasteiger partial charge on any atom is 0.223 e. The Morgan fingerprint density at radius 1 is 1.52 bits per heavy atom. The van der Waals surface area contributed by atoms with Gasteiger partial charge in [-0.1, -0.05) is 20.8 Å². The first kappa shape index (κ1) is 20.6. The molecule has 1 aromatic rings. The molecule has 0 aliphatic heterocycles. The number of hydrogen-bond acceptors (Lipinski definition) is 6. The minimum atomic E-state index is -0.491. The molecule has 1 saturated carbocycles. The maximum absolute atomic E-state index is 12.5. The number of hydrogen-bond donors (Lipinski definition) is 3. The number of thiazole rings is 1. The van der Waals surface area contributed by atoms with Gasteiger partial charge in [-0.15, -0.1) is 11.3 Å². The molecule has 6 atom stereocenters. The number of anilines is 1. The molecule has 6 nitrogen and oxygen atoms in total. The third-order valence-corrected chi connectivity index (χ3v) is 7.89. The van der Waals surface area contributed by atoms with Crippen LogP contribution in [-0.2, 0) is 16.0 Å². The van der Waals surface area contributed by atoms with Crippen molar-refractivity contribution in [1.29, 1.82) is 0 Å². The molecule has 0 spiro atoms. The standard InChI is InChI=1S/C20H33N3O3S/c1-11(18(25)22-8-9-26-5)13-6-7-20(3)10-14-16(23-19(21-4)27-14)12(2)15(20)17(13)24/h11-13,15,17,24H,6-10H2,1-5H3,(H,21,23)(H,22,25)/t11-,12+,13-,15+,17-,20+/m0/s1. The monoisotopic (exact) mass is 395 g/mol. The highest BCUT2D eigenvalue weighted by atomic mass is 32.1. The number of amides is 1. The van der Waals surface area contributed by atoms with Crippen molar-refractivity contribution < 1.29 is 14.6 Å². The van der Waals surface area contributed by atoms with Gasteiger partial charge >= 0.3 is 0 Å². The van der Waals surface area contributed by atoms with E-state index < -0.39 is 6.10 Å². The van der Waals surface area contributed by atoms with E-state index >= 15 is 0 Å². The Labute approximate surface area is 166 Å². The number of aliphatic hydroxyl groups excluding tert-OH is 1. The molecule has 3 rings (SSSR count). The highest BCUT2D eigenvalue weighted by molar-refractivity contribution is 7.15. The number of aromatic nitrogens is 1. The summed E-state index contributed by atoms with van der Waals surface area (Å²) in [6, 6.07) is 0. The molecule has 27 heavy (non-hydrogen) atoms. The Hall–Kier alpha value is -1.18. The van der Waals surface area contributed by atoms with E-state index in [9.17, 15) is 9.90 Å². The van der Waals surface area contributed by atoms with Crippen LogP contribution in [0.15, 0.2) is 0 Å². The van der Waals surface area contributed by atoms with Gasteiger partial charge in [0.05, 0.1) is 18.4 Å². The molecule has 152 valence electrons. The number of nitrogens with one attached hydrogen (secondary N) is 2. The summed E-state index contributed by atoms with van der Waals surface area (Å²) in [6.45, 7) is 7.45. The largest absolute Gasteiger partial charge is 0.392 e. The predicted molar refractivity (Wildman–Crippen MR) is 108 cm³/mol. The first-order valence-electron chi connectivity index (χ1n) is 9.94. The van der Waals surface area contributed by atoms with Crippen LogP contribution in [0.3, 0.4) is 0 Å². The Kier molecular flexibility index (Phi) is 6.13. The van der Waals surface area contributed by atoms with E-state index in [1.54, 1.807) is 18.4 Å². The van der Waals surface area contributed by atoms with E-state index in [0.717, 1.165) is 30.1 Å². The summed E-state index contributed by atoms with van der Waals surface area (Å²) in [6.07, 6.45) is 2.39. The van der Waals surface area contributed by atoms with Crippen LogP contribution in [0.5, 0.6) is 0 Å². The van der Waals surface area contributed by atoms with Crippen LogP contribution in [0, 0.1) is 23.2 Å². The van der Waals surface area contributed by atoms with E-state index in [1.165, 1.54) is 4.88 Å². The number of ether oxygens (including phenoxy) is 1. The van der Waals surface area contributed by atoms with Crippen molar-refractivity contribution in [1.82, 2.24) is 10.3 Å². The Bertz CT molecular complexity index is 679. The normalized spacial score (nSPS) is 33.7. The molecule has 0 bridgehead atoms. The van der Waals surface area contributed by atoms with Gasteiger partial charge in [0, 0.05) is 37.4 Å². The molecule has 0 saturated heterocycles. The van der Waals surface area contributed by atoms with Gasteiger partial charge in [0.2, 0.25) is 5.91 Å². The summed E-state index contributed by atoms with van der Waals surface area (Å²) < 4.78 is 5.01. The fraction of sp³-hybridized carbons (Fsp3) is 0.800. The van der Waals surface area contributed by atoms with E-state index in [0.29, 0.717) is 13.2 Å². The van der Waals surface area contributed by atoms with E-state index in [4.69, 9.17) is 9.72 Å². The molecule has 0 radical (unpaired) electrons. The summed E-state index contributed by atoms with van der Waals surface area (Å²) in [5.74, 6) is 0.105. The highest BCUT2D eigenvalue weighted by Gasteiger charge is 2.53. The average molecular weight is 396 g/mol. The van der Waals surface area contributed by atoms with E-state index in [-0.39, 0.29) is 35.0 Å². The average Bonchev–Trinajstić information content (AvgIpc) is 3.04. The Morgan fingerprint density at radius 2 is 2.26 bits per heavy atom. The summed E-state index contributed by atoms with van der Waals surface area (Å²) in [5, 5.41) is 18.4. The van der Waals surface area contributed by atoms with Crippen molar-refractivity contribution in [2.75, 3.05) is 32.6 Å². The fourth-order valence-electron chi connectivity index (χ4n) is 5.29. The van der Waals surface area contributed by atoms with Crippen LogP contribution in [0.2, 0.25) is 0 Å². The van der Waals surface area contributed by atoms with Crippen molar-refractivity contribution in [3.8, 4) is 0 Å². The topological polar surface area (TPSA) is 83.5 Å². The third kappa shape index (κ3) is 3.74. The number of carbonyl (C=O) groups is 1. The van der Waals surface area contributed by atoms with E-state index in [2.05, 4.69) is 24.5 Å². The molecule has 1 heterocycles. The van der Waals surface area contributed by atoms with Gasteiger partial charge < -0.3 is 20.5 Å². The lowest BCUT2D eigenvalue weighted by Crippen LogP contribution is -2.53. The van der Waals surface area contributed by atoms with Gasteiger partial charge in [-0.05, 0) is 36.5 Å². The maximum atomic E-state index is 12.5. The molecule has 3 N–H and O–H groups in total. The fourth-order valence-corrected chi connectivity index (χ4v) is 6.50. The molecule has 1 amide bonds. The van der Waals surface area contributed by atoms with Crippen molar-refractivity contribution >= 4 is 22.4 Å². The second kappa shape index (κ2) is 8.05. The van der Waals surface area contributed by atoms with Gasteiger partial charge in [-0.3, -0.25) is 4.79 Å². The van der Waals surface area contributed by atoms with Gasteiger partial charge in [0.15, 0.2) is 5.13 Å². The summed E-state index contributed by atoms with van der Waals surface area (Å²) in [4.78, 5) is 18.6. The molecule has 0 aromatic carbocycles. The van der Waals surface area contributed by atoms with Crippen LogP contribution < -0.4 is 10.6 Å². The SMILES string of the molecule is CNc1nc2c(s1)C[C@@]1(C)CC[C@@H]([C@H](C)C(=O)NCCOC)[C@H](O)[C@H]1[C@H]2C. The Morgan fingerprint density at radius 3 is 2.93 bits per heavy atom. The lowest BCUT2D eigenvalue weighted by atomic mass is 9.53. The molecular weight excluding hydrogens is 362 g/mol. The smallest absolute Gasteiger partial charge is 0.223 e. The van der Waals surface area contributed by atoms with Crippen molar-refractivity contribution in [2.45, 2.75) is 52.1 Å². The molecule has 0 unspecified atom stereocenters. The molecular formula is C20H33N3O3S. The van der Waals surface area contributed by atoms with Crippen molar-refractivity contribution in [3.63, 3.8) is 0 Å². The molecule has 2 aliphatic carbocycles. The summed E-state index contributed by atoms with van der Waals surface area (Å²) in [5.41, 5.74) is 1.19. The first-order chi connectivity index (χ1) is 12.8. The molecule has 1 fully saturated rings. The van der Waals surface area contributed by atoms with Gasteiger partial charge in [0.25, 0.3) is 0 Å². The number of rotatable bonds is 6. The summed E-state index contributed by atoms with van der Waals surface area (Å²) in [7, 11) is 3.52. The minimum absolute atomic E-state index is 0.00924. The van der Waals surface area contributed by atoms with Gasteiger partial charge in [0.1, 0.15) is 0 Å². The number of nitrogens with zero attached hydrogens (tertiary/aromatic N) is 1. The van der Waals surface area contributed by atoms with Crippen LogP contribution in [-0.4, -0.2) is 49.4 Å². The zero-order valence-corrected chi connectivity index (χ0v) is 17.9. The summed E-state index contributed by atoms with van der Waals surface area (Å²) >= 11 is 1.74. The van der Waals surface area contributed by atoms with Crippen LogP contribution in [0.25, 0.3) is 0 Å². The highest BCUT2D eigenvalue weighted by Crippen LogP contribution is 2.57. The zero-order valence-electron chi connectivity index (χ0n) is 17.0. The number of aliphatic hydroxyl groups is 1. The van der Waals surface area contributed by atoms with E-state index in [1.807, 2.05) is 14.0 Å². The van der Waals surface area contributed by atoms with Crippen LogP contribution >= 0.6 is 11.3 Å². The quantitative estimate of drug-likeness (QED) is 0.645. The van der Waals surface area contributed by atoms with Crippen LogP contribution in [0.1, 0.15) is 50.1 Å². The van der Waals surface area contributed by atoms with Gasteiger partial charge in [-0.25, -0.2) is 4.98 Å². The molecule has 2 aliphatic rings. The minimum Gasteiger partial charge on any atom is -0.392 e. The zero-order chi connectivity index (χ0) is 19.8. The third-order valence-electron chi connectivity index (χ3n) is 6.80. The molecule has 1 aromatic heterocycles. The second-order valence-electron chi connectivity index (χ2n) is 8.49. The van der Waals surface area contributed by atoms with Crippen LogP contribution in [0.4, 0.5) is 5.13 Å². The molecule has 7 heteroatoms. The van der Waals surface area contributed by atoms with Crippen molar-refractivity contribution in [3.05, 3.63) is 10.6 Å². The van der Waals surface area contributed by atoms with Gasteiger partial charge in [-0.2, -0.15) is 0 Å². The lowest BCUT2D eigenvalue weighted by molar-refractivity contribution is -0.135. The number of carbonyl (C=O) groups excluding carboxylic acids is 1. The number of methoxy groups -OCH3 is 1. The predicted octanol–water partition coefficient (Wildman–Crippen LogP) is 2.64. The Balaban J connectivity index is 1.79. The lowest BCUT2D eigenvalue weighted by Gasteiger charge is -2.53. The number of fused-ring (bicyclic) bond motifs is 2.